The van der Waals surface area contributed by atoms with Crippen LogP contribution in [0.15, 0.2) is 34.7 Å². The molecule has 0 aliphatic rings. The van der Waals surface area contributed by atoms with Crippen molar-refractivity contribution in [2.75, 3.05) is 16.9 Å². The maximum Gasteiger partial charge on any atom is 0.256 e. The van der Waals surface area contributed by atoms with Gasteiger partial charge in [-0.15, -0.1) is 11.3 Å². The Kier molecular flexibility index (Phi) is 4.57. The van der Waals surface area contributed by atoms with E-state index in [1.807, 2.05) is 0 Å². The molecule has 0 spiro atoms. The number of nitrogens with one attached hydrogen (secondary N) is 2. The van der Waals surface area contributed by atoms with Gasteiger partial charge in [0.05, 0.1) is 0 Å². The van der Waals surface area contributed by atoms with E-state index in [4.69, 9.17) is 0 Å². The molecule has 0 aromatic carbocycles. The Labute approximate surface area is 131 Å². The lowest BCUT2D eigenvalue weighted by atomic mass is 10.2. The van der Waals surface area contributed by atoms with Gasteiger partial charge in [0.25, 0.3) is 5.91 Å². The van der Waals surface area contributed by atoms with Gasteiger partial charge in [-0.2, -0.15) is 0 Å². The standard InChI is InChI=1S/C13H13N3O4S2/c1-8(17)15-11-7-9(3-5-14-11)12(18)16-13-10(4-6-21-13)22(2,19)20/h3-7H,1-2H3,(H,16,18)(H,14,15,17). The average Bonchev–Trinajstić information content (AvgIpc) is 2.86. The summed E-state index contributed by atoms with van der Waals surface area (Å²) in [6, 6.07) is 4.31. The van der Waals surface area contributed by atoms with Crippen molar-refractivity contribution in [2.45, 2.75) is 11.8 Å². The number of pyridine rings is 1. The second kappa shape index (κ2) is 6.24. The van der Waals surface area contributed by atoms with Crippen LogP contribution in [0.4, 0.5) is 10.8 Å². The molecule has 0 aliphatic carbocycles. The molecule has 2 amide bonds. The number of hydrogen-bond donors (Lipinski definition) is 2. The lowest BCUT2D eigenvalue weighted by Crippen LogP contribution is -2.14. The summed E-state index contributed by atoms with van der Waals surface area (Å²) in [6.45, 7) is 1.33. The van der Waals surface area contributed by atoms with Crippen molar-refractivity contribution in [2.24, 2.45) is 0 Å². The molecule has 9 heteroatoms. The van der Waals surface area contributed by atoms with Crippen LogP contribution in [0.25, 0.3) is 0 Å². The molecule has 2 aromatic heterocycles. The van der Waals surface area contributed by atoms with Crippen molar-refractivity contribution < 1.29 is 18.0 Å². The predicted octanol–water partition coefficient (Wildman–Crippen LogP) is 1.76. The van der Waals surface area contributed by atoms with E-state index < -0.39 is 15.7 Å². The third kappa shape index (κ3) is 3.89. The highest BCUT2D eigenvalue weighted by atomic mass is 32.2. The molecule has 0 saturated carbocycles. The number of sulfone groups is 1. The summed E-state index contributed by atoms with van der Waals surface area (Å²) >= 11 is 1.12. The van der Waals surface area contributed by atoms with Gasteiger partial charge in [0.2, 0.25) is 5.91 Å². The van der Waals surface area contributed by atoms with Gasteiger partial charge in [-0.25, -0.2) is 13.4 Å². The van der Waals surface area contributed by atoms with Gasteiger partial charge in [-0.05, 0) is 23.6 Å². The zero-order chi connectivity index (χ0) is 16.3. The molecule has 2 rings (SSSR count). The summed E-state index contributed by atoms with van der Waals surface area (Å²) in [5.74, 6) is -0.543. The lowest BCUT2D eigenvalue weighted by molar-refractivity contribution is -0.114. The van der Waals surface area contributed by atoms with Crippen LogP contribution in [0.2, 0.25) is 0 Å². The van der Waals surface area contributed by atoms with Crippen LogP contribution >= 0.6 is 11.3 Å². The van der Waals surface area contributed by atoms with Gasteiger partial charge in [0.15, 0.2) is 9.84 Å². The van der Waals surface area contributed by atoms with E-state index in [0.29, 0.717) is 0 Å². The topological polar surface area (TPSA) is 105 Å². The van der Waals surface area contributed by atoms with Crippen LogP contribution in [-0.4, -0.2) is 31.5 Å². The fourth-order valence-corrected chi connectivity index (χ4v) is 3.74. The quantitative estimate of drug-likeness (QED) is 0.883. The fourth-order valence-electron chi connectivity index (χ4n) is 1.68. The summed E-state index contributed by atoms with van der Waals surface area (Å²) < 4.78 is 23.2. The van der Waals surface area contributed by atoms with Crippen molar-refractivity contribution in [1.29, 1.82) is 0 Å². The van der Waals surface area contributed by atoms with Crippen molar-refractivity contribution in [3.63, 3.8) is 0 Å². The van der Waals surface area contributed by atoms with Crippen molar-refractivity contribution in [3.8, 4) is 0 Å². The molecular formula is C13H13N3O4S2. The summed E-state index contributed by atoms with van der Waals surface area (Å²) in [6.07, 6.45) is 2.46. The highest BCUT2D eigenvalue weighted by molar-refractivity contribution is 7.91. The first-order valence-corrected chi connectivity index (χ1v) is 8.87. The summed E-state index contributed by atoms with van der Waals surface area (Å²) in [5, 5.41) is 6.86. The number of nitrogens with zero attached hydrogens (tertiary/aromatic N) is 1. The maximum atomic E-state index is 12.2. The summed E-state index contributed by atoms with van der Waals surface area (Å²) in [7, 11) is -3.42. The molecule has 0 aliphatic heterocycles. The second-order valence-corrected chi connectivity index (χ2v) is 7.35. The lowest BCUT2D eigenvalue weighted by Gasteiger charge is -2.07. The molecule has 7 nitrogen and oxygen atoms in total. The minimum Gasteiger partial charge on any atom is -0.312 e. The first-order valence-electron chi connectivity index (χ1n) is 6.10. The van der Waals surface area contributed by atoms with Gasteiger partial charge in [-0.3, -0.25) is 9.59 Å². The Hall–Kier alpha value is -2.26. The monoisotopic (exact) mass is 339 g/mol. The van der Waals surface area contributed by atoms with Gasteiger partial charge in [0, 0.05) is 24.9 Å². The first kappa shape index (κ1) is 16.1. The Balaban J connectivity index is 2.23. The number of aromatic nitrogens is 1. The molecule has 0 atom stereocenters. The molecule has 0 radical (unpaired) electrons. The van der Waals surface area contributed by atoms with Gasteiger partial charge in [-0.1, -0.05) is 0 Å². The first-order chi connectivity index (χ1) is 10.3. The van der Waals surface area contributed by atoms with Gasteiger partial charge < -0.3 is 10.6 Å². The minimum absolute atomic E-state index is 0.0713. The van der Waals surface area contributed by atoms with E-state index >= 15 is 0 Å². The van der Waals surface area contributed by atoms with Crippen LogP contribution in [0.1, 0.15) is 17.3 Å². The molecule has 0 unspecified atom stereocenters. The maximum absolute atomic E-state index is 12.2. The van der Waals surface area contributed by atoms with Crippen molar-refractivity contribution in [1.82, 2.24) is 4.98 Å². The van der Waals surface area contributed by atoms with E-state index in [1.165, 1.54) is 31.3 Å². The summed E-state index contributed by atoms with van der Waals surface area (Å²) in [5.41, 5.74) is 0.256. The Morgan fingerprint density at radius 2 is 1.95 bits per heavy atom. The summed E-state index contributed by atoms with van der Waals surface area (Å²) in [4.78, 5) is 27.2. The van der Waals surface area contributed by atoms with Gasteiger partial charge >= 0.3 is 0 Å². The van der Waals surface area contributed by atoms with E-state index in [-0.39, 0.29) is 27.2 Å². The van der Waals surface area contributed by atoms with Crippen molar-refractivity contribution in [3.05, 3.63) is 35.3 Å². The number of rotatable bonds is 4. The molecule has 2 N–H and O–H groups in total. The smallest absolute Gasteiger partial charge is 0.256 e. The molecule has 22 heavy (non-hydrogen) atoms. The number of carbonyl (C=O) groups excluding carboxylic acids is 2. The number of hydrogen-bond acceptors (Lipinski definition) is 6. The Morgan fingerprint density at radius 3 is 2.59 bits per heavy atom. The highest BCUT2D eigenvalue weighted by Gasteiger charge is 2.17. The zero-order valence-electron chi connectivity index (χ0n) is 11.8. The normalized spacial score (nSPS) is 11.0. The highest BCUT2D eigenvalue weighted by Crippen LogP contribution is 2.28. The predicted molar refractivity (Wildman–Crippen MR) is 83.9 cm³/mol. The van der Waals surface area contributed by atoms with E-state index in [1.54, 1.807) is 5.38 Å². The van der Waals surface area contributed by atoms with Crippen LogP contribution in [0.5, 0.6) is 0 Å². The van der Waals surface area contributed by atoms with Crippen LogP contribution < -0.4 is 10.6 Å². The number of anilines is 2. The second-order valence-electron chi connectivity index (χ2n) is 4.45. The number of thiophene rings is 1. The molecule has 0 bridgehead atoms. The third-order valence-corrected chi connectivity index (χ3v) is 4.68. The van der Waals surface area contributed by atoms with E-state index in [9.17, 15) is 18.0 Å². The van der Waals surface area contributed by atoms with E-state index in [0.717, 1.165) is 17.6 Å². The van der Waals surface area contributed by atoms with E-state index in [2.05, 4.69) is 15.6 Å². The number of amides is 2. The molecule has 2 heterocycles. The largest absolute Gasteiger partial charge is 0.312 e. The fraction of sp³-hybridized carbons (Fsp3) is 0.154. The SMILES string of the molecule is CC(=O)Nc1cc(C(=O)Nc2sccc2S(C)(=O)=O)ccn1. The molecule has 116 valence electrons. The van der Waals surface area contributed by atoms with Crippen molar-refractivity contribution >= 4 is 43.8 Å². The van der Waals surface area contributed by atoms with Crippen LogP contribution in [0.3, 0.4) is 0 Å². The third-order valence-electron chi connectivity index (χ3n) is 2.58. The minimum atomic E-state index is -3.42. The zero-order valence-corrected chi connectivity index (χ0v) is 13.4. The molecular weight excluding hydrogens is 326 g/mol. The molecule has 0 fully saturated rings. The number of carbonyl (C=O) groups is 2. The Bertz CT molecular complexity index is 827. The van der Waals surface area contributed by atoms with Gasteiger partial charge in [0.1, 0.15) is 15.7 Å². The van der Waals surface area contributed by atoms with Crippen LogP contribution in [-0.2, 0) is 14.6 Å². The Morgan fingerprint density at radius 1 is 1.23 bits per heavy atom. The molecule has 0 saturated heterocycles. The molecule has 2 aromatic rings. The van der Waals surface area contributed by atoms with Crippen LogP contribution in [0, 0.1) is 0 Å². The average molecular weight is 339 g/mol.